The highest BCUT2D eigenvalue weighted by atomic mass is 35.5. The molecule has 21 heavy (non-hydrogen) atoms. The number of hydrazine groups is 1. The van der Waals surface area contributed by atoms with Crippen LogP contribution in [0.25, 0.3) is 0 Å². The largest absolute Gasteiger partial charge is 0.320 e. The van der Waals surface area contributed by atoms with E-state index in [1.807, 2.05) is 30.1 Å². The van der Waals surface area contributed by atoms with Crippen LogP contribution in [-0.2, 0) is 11.3 Å². The number of hydrogen-bond donors (Lipinski definition) is 1. The van der Waals surface area contributed by atoms with E-state index in [1.54, 1.807) is 0 Å². The summed E-state index contributed by atoms with van der Waals surface area (Å²) >= 11 is 0. The molecule has 0 radical (unpaired) electrons. The Balaban J connectivity index is 0.00000220. The summed E-state index contributed by atoms with van der Waals surface area (Å²) in [7, 11) is 0. The zero-order valence-electron chi connectivity index (χ0n) is 12.9. The molecule has 1 saturated heterocycles. The average molecular weight is 312 g/mol. The maximum absolute atomic E-state index is 12.5. The van der Waals surface area contributed by atoms with E-state index in [4.69, 9.17) is 5.73 Å². The van der Waals surface area contributed by atoms with E-state index in [1.165, 1.54) is 5.56 Å². The molecule has 4 nitrogen and oxygen atoms in total. The number of halogens is 1. The summed E-state index contributed by atoms with van der Waals surface area (Å²) in [5.41, 5.74) is 7.32. The summed E-state index contributed by atoms with van der Waals surface area (Å²) in [6.45, 7) is 6.60. The van der Waals surface area contributed by atoms with Crippen molar-refractivity contribution < 1.29 is 4.79 Å². The van der Waals surface area contributed by atoms with Gasteiger partial charge < -0.3 is 5.73 Å². The van der Waals surface area contributed by atoms with Gasteiger partial charge in [0.05, 0.1) is 6.04 Å². The topological polar surface area (TPSA) is 49.6 Å². The maximum Gasteiger partial charge on any atom is 0.254 e. The predicted molar refractivity (Wildman–Crippen MR) is 87.9 cm³/mol. The number of carbonyl (C=O) groups excluding carboxylic acids is 1. The molecule has 2 atom stereocenters. The van der Waals surface area contributed by atoms with E-state index in [9.17, 15) is 4.79 Å². The number of carbonyl (C=O) groups is 1. The van der Waals surface area contributed by atoms with Crippen molar-refractivity contribution in [3.8, 4) is 0 Å². The van der Waals surface area contributed by atoms with Gasteiger partial charge in [-0.2, -0.15) is 0 Å². The van der Waals surface area contributed by atoms with Gasteiger partial charge in [-0.05, 0) is 17.9 Å². The molecule has 5 heteroatoms. The first kappa shape index (κ1) is 18.0. The van der Waals surface area contributed by atoms with Gasteiger partial charge in [0.2, 0.25) is 0 Å². The fourth-order valence-corrected chi connectivity index (χ4v) is 2.54. The quantitative estimate of drug-likeness (QED) is 0.908. The van der Waals surface area contributed by atoms with E-state index in [2.05, 4.69) is 24.1 Å². The van der Waals surface area contributed by atoms with Gasteiger partial charge >= 0.3 is 0 Å². The summed E-state index contributed by atoms with van der Waals surface area (Å²) in [5.74, 6) is 0.287. The van der Waals surface area contributed by atoms with Crippen molar-refractivity contribution in [1.29, 1.82) is 0 Å². The molecule has 1 amide bonds. The minimum absolute atomic E-state index is 0. The van der Waals surface area contributed by atoms with Gasteiger partial charge in [0, 0.05) is 19.6 Å². The fourth-order valence-electron chi connectivity index (χ4n) is 2.54. The first-order chi connectivity index (χ1) is 9.63. The summed E-state index contributed by atoms with van der Waals surface area (Å²) < 4.78 is 0. The molecule has 1 aromatic carbocycles. The van der Waals surface area contributed by atoms with Gasteiger partial charge in [-0.3, -0.25) is 9.80 Å². The van der Waals surface area contributed by atoms with Crippen molar-refractivity contribution in [3.63, 3.8) is 0 Å². The van der Waals surface area contributed by atoms with Crippen molar-refractivity contribution in [2.45, 2.75) is 39.3 Å². The highest BCUT2D eigenvalue weighted by Gasteiger charge is 2.31. The molecule has 1 fully saturated rings. The van der Waals surface area contributed by atoms with Crippen LogP contribution >= 0.6 is 12.4 Å². The van der Waals surface area contributed by atoms with Crippen molar-refractivity contribution in [2.75, 3.05) is 13.1 Å². The first-order valence-corrected chi connectivity index (χ1v) is 7.49. The molecule has 0 bridgehead atoms. The number of benzene rings is 1. The van der Waals surface area contributed by atoms with Gasteiger partial charge in [0.15, 0.2) is 0 Å². The van der Waals surface area contributed by atoms with E-state index in [-0.39, 0.29) is 24.2 Å². The van der Waals surface area contributed by atoms with E-state index in [0.29, 0.717) is 0 Å². The highest BCUT2D eigenvalue weighted by molar-refractivity contribution is 5.85. The molecule has 118 valence electrons. The zero-order chi connectivity index (χ0) is 14.5. The van der Waals surface area contributed by atoms with Crippen LogP contribution in [0.4, 0.5) is 0 Å². The predicted octanol–water partition coefficient (Wildman–Crippen LogP) is 2.43. The lowest BCUT2D eigenvalue weighted by atomic mass is 9.99. The van der Waals surface area contributed by atoms with Crippen LogP contribution in [0.15, 0.2) is 30.3 Å². The van der Waals surface area contributed by atoms with E-state index < -0.39 is 6.04 Å². The van der Waals surface area contributed by atoms with Gasteiger partial charge in [0.1, 0.15) is 0 Å². The van der Waals surface area contributed by atoms with Gasteiger partial charge in [-0.15, -0.1) is 12.4 Å². The number of rotatable bonds is 5. The standard InChI is InChI=1S/C16H25N3O.ClH/c1-3-13(2)15(17)16(20)19-11-7-10-18(19)12-14-8-5-4-6-9-14;/h4-6,8-9,13,15H,3,7,10-12,17H2,1-2H3;1H/t13?,15-;/m0./s1. The Morgan fingerprint density at radius 2 is 1.95 bits per heavy atom. The van der Waals surface area contributed by atoms with Crippen LogP contribution in [0.3, 0.4) is 0 Å². The minimum Gasteiger partial charge on any atom is -0.320 e. The maximum atomic E-state index is 12.5. The summed E-state index contributed by atoms with van der Waals surface area (Å²) in [5, 5.41) is 3.98. The summed E-state index contributed by atoms with van der Waals surface area (Å²) in [6.07, 6.45) is 1.95. The molecule has 1 aliphatic rings. The molecule has 1 aromatic rings. The third kappa shape index (κ3) is 4.43. The third-order valence-corrected chi connectivity index (χ3v) is 4.13. The Hall–Kier alpha value is -1.10. The molecule has 1 aliphatic heterocycles. The molecule has 0 saturated carbocycles. The van der Waals surface area contributed by atoms with Crippen molar-refractivity contribution in [1.82, 2.24) is 10.0 Å². The molecule has 2 rings (SSSR count). The molecule has 1 unspecified atom stereocenters. The van der Waals surface area contributed by atoms with Gasteiger partial charge in [-0.1, -0.05) is 50.6 Å². The molecule has 0 aliphatic carbocycles. The lowest BCUT2D eigenvalue weighted by Crippen LogP contribution is -2.51. The summed E-state index contributed by atoms with van der Waals surface area (Å²) in [6, 6.07) is 9.86. The van der Waals surface area contributed by atoms with Crippen LogP contribution in [0.2, 0.25) is 0 Å². The third-order valence-electron chi connectivity index (χ3n) is 4.13. The molecule has 1 heterocycles. The zero-order valence-corrected chi connectivity index (χ0v) is 13.7. The van der Waals surface area contributed by atoms with Crippen LogP contribution in [0.1, 0.15) is 32.3 Å². The summed E-state index contributed by atoms with van der Waals surface area (Å²) in [4.78, 5) is 12.5. The Morgan fingerprint density at radius 3 is 2.57 bits per heavy atom. The minimum atomic E-state index is -0.392. The lowest BCUT2D eigenvalue weighted by molar-refractivity contribution is -0.147. The van der Waals surface area contributed by atoms with Crippen LogP contribution < -0.4 is 5.73 Å². The number of nitrogens with zero attached hydrogens (tertiary/aromatic N) is 2. The average Bonchev–Trinajstić information content (AvgIpc) is 2.94. The second-order valence-corrected chi connectivity index (χ2v) is 5.60. The molecular weight excluding hydrogens is 286 g/mol. The molecule has 2 N–H and O–H groups in total. The number of amides is 1. The second kappa shape index (κ2) is 8.37. The Bertz CT molecular complexity index is 440. The van der Waals surface area contributed by atoms with Crippen molar-refractivity contribution in [3.05, 3.63) is 35.9 Å². The Kier molecular flexibility index (Phi) is 7.15. The van der Waals surface area contributed by atoms with Gasteiger partial charge in [0.25, 0.3) is 5.91 Å². The van der Waals surface area contributed by atoms with Crippen LogP contribution in [0, 0.1) is 5.92 Å². The smallest absolute Gasteiger partial charge is 0.254 e. The first-order valence-electron chi connectivity index (χ1n) is 7.49. The Morgan fingerprint density at radius 1 is 1.29 bits per heavy atom. The molecular formula is C16H26ClN3O. The van der Waals surface area contributed by atoms with Gasteiger partial charge in [-0.25, -0.2) is 5.01 Å². The number of nitrogens with two attached hydrogens (primary N) is 1. The lowest BCUT2D eigenvalue weighted by Gasteiger charge is -2.31. The monoisotopic (exact) mass is 311 g/mol. The Labute approximate surface area is 133 Å². The van der Waals surface area contributed by atoms with E-state index in [0.717, 1.165) is 32.5 Å². The van der Waals surface area contributed by atoms with E-state index >= 15 is 0 Å². The molecule has 0 spiro atoms. The second-order valence-electron chi connectivity index (χ2n) is 5.60. The molecule has 0 aromatic heterocycles. The normalized spacial score (nSPS) is 18.1. The fraction of sp³-hybridized carbons (Fsp3) is 0.562. The van der Waals surface area contributed by atoms with Crippen LogP contribution in [-0.4, -0.2) is 35.1 Å². The number of hydrogen-bond acceptors (Lipinski definition) is 3. The SMILES string of the molecule is CCC(C)[C@H](N)C(=O)N1CCCN1Cc1ccccc1.Cl. The van der Waals surface area contributed by atoms with Crippen molar-refractivity contribution in [2.24, 2.45) is 11.7 Å². The highest BCUT2D eigenvalue weighted by Crippen LogP contribution is 2.18. The van der Waals surface area contributed by atoms with Crippen LogP contribution in [0.5, 0.6) is 0 Å². The van der Waals surface area contributed by atoms with Crippen molar-refractivity contribution >= 4 is 18.3 Å².